The van der Waals surface area contributed by atoms with E-state index in [1.807, 2.05) is 18.2 Å². The highest BCUT2D eigenvalue weighted by Crippen LogP contribution is 2.39. The maximum atomic E-state index is 6.21. The first kappa shape index (κ1) is 12.8. The largest absolute Gasteiger partial charge is 0.313 e. The molecule has 1 aromatic carbocycles. The normalized spacial score (nSPS) is 30.7. The van der Waals surface area contributed by atoms with Crippen molar-refractivity contribution in [2.24, 2.45) is 11.8 Å². The predicted molar refractivity (Wildman–Crippen MR) is 77.4 cm³/mol. The number of halogens is 2. The Hall–Kier alpha value is -0.240. The summed E-state index contributed by atoms with van der Waals surface area (Å²) in [6.07, 6.45) is 6.46. The summed E-state index contributed by atoms with van der Waals surface area (Å²) in [5, 5.41) is 5.32. The van der Waals surface area contributed by atoms with Crippen LogP contribution >= 0.6 is 23.2 Å². The summed E-state index contributed by atoms with van der Waals surface area (Å²) in [6, 6.07) is 6.45. The molecule has 98 valence electrons. The SMILES string of the molecule is Clc1ccc(Cl)c(CCC2NCC3CCCC32)c1. The summed E-state index contributed by atoms with van der Waals surface area (Å²) < 4.78 is 0. The predicted octanol–water partition coefficient (Wildman–Crippen LogP) is 4.31. The van der Waals surface area contributed by atoms with Gasteiger partial charge in [-0.15, -0.1) is 0 Å². The molecule has 18 heavy (non-hydrogen) atoms. The number of hydrogen-bond donors (Lipinski definition) is 1. The van der Waals surface area contributed by atoms with Crippen molar-refractivity contribution in [1.29, 1.82) is 0 Å². The molecular weight excluding hydrogens is 265 g/mol. The molecule has 0 aromatic heterocycles. The van der Waals surface area contributed by atoms with Crippen molar-refractivity contribution in [2.75, 3.05) is 6.54 Å². The lowest BCUT2D eigenvalue weighted by molar-refractivity contribution is 0.393. The number of rotatable bonds is 3. The minimum atomic E-state index is 0.688. The Balaban J connectivity index is 1.62. The molecule has 0 bridgehead atoms. The van der Waals surface area contributed by atoms with Gasteiger partial charge in [-0.25, -0.2) is 0 Å². The molecule has 0 radical (unpaired) electrons. The zero-order valence-corrected chi connectivity index (χ0v) is 12.0. The summed E-state index contributed by atoms with van der Waals surface area (Å²) in [6.45, 7) is 1.22. The van der Waals surface area contributed by atoms with E-state index >= 15 is 0 Å². The van der Waals surface area contributed by atoms with Gasteiger partial charge in [-0.2, -0.15) is 0 Å². The second kappa shape index (κ2) is 5.40. The van der Waals surface area contributed by atoms with Crippen molar-refractivity contribution in [3.63, 3.8) is 0 Å². The Morgan fingerprint density at radius 2 is 2.11 bits per heavy atom. The molecule has 1 heterocycles. The van der Waals surface area contributed by atoms with Crippen LogP contribution in [0, 0.1) is 11.8 Å². The van der Waals surface area contributed by atoms with Gasteiger partial charge in [0.1, 0.15) is 0 Å². The van der Waals surface area contributed by atoms with Crippen LogP contribution in [0.3, 0.4) is 0 Å². The van der Waals surface area contributed by atoms with E-state index in [9.17, 15) is 0 Å². The maximum Gasteiger partial charge on any atom is 0.0439 e. The van der Waals surface area contributed by atoms with E-state index in [0.717, 1.165) is 28.3 Å². The second-order valence-electron chi connectivity index (χ2n) is 5.64. The quantitative estimate of drug-likeness (QED) is 0.872. The lowest BCUT2D eigenvalue weighted by Crippen LogP contribution is -2.27. The van der Waals surface area contributed by atoms with Gasteiger partial charge >= 0.3 is 0 Å². The third-order valence-corrected chi connectivity index (χ3v) is 5.21. The van der Waals surface area contributed by atoms with Gasteiger partial charge in [0.25, 0.3) is 0 Å². The van der Waals surface area contributed by atoms with Crippen molar-refractivity contribution >= 4 is 23.2 Å². The van der Waals surface area contributed by atoms with E-state index in [0.29, 0.717) is 6.04 Å². The average Bonchev–Trinajstić information content (AvgIpc) is 2.93. The fourth-order valence-electron chi connectivity index (χ4n) is 3.66. The van der Waals surface area contributed by atoms with Crippen molar-refractivity contribution in [2.45, 2.75) is 38.1 Å². The Labute approximate surface area is 119 Å². The number of hydrogen-bond acceptors (Lipinski definition) is 1. The minimum Gasteiger partial charge on any atom is -0.313 e. The zero-order valence-electron chi connectivity index (χ0n) is 10.5. The van der Waals surface area contributed by atoms with Crippen LogP contribution in [0.5, 0.6) is 0 Å². The number of benzene rings is 1. The van der Waals surface area contributed by atoms with Crippen molar-refractivity contribution in [1.82, 2.24) is 5.32 Å². The van der Waals surface area contributed by atoms with Crippen LogP contribution in [0.4, 0.5) is 0 Å². The molecular formula is C15H19Cl2N. The Morgan fingerprint density at radius 1 is 1.22 bits per heavy atom. The second-order valence-corrected chi connectivity index (χ2v) is 6.49. The molecule has 3 heteroatoms. The number of aryl methyl sites for hydroxylation is 1. The molecule has 3 atom stereocenters. The van der Waals surface area contributed by atoms with Gasteiger partial charge in [-0.1, -0.05) is 29.6 Å². The molecule has 1 aliphatic heterocycles. The molecule has 0 spiro atoms. The van der Waals surface area contributed by atoms with Crippen LogP contribution in [0.2, 0.25) is 10.0 Å². The van der Waals surface area contributed by atoms with Crippen LogP contribution < -0.4 is 5.32 Å². The fraction of sp³-hybridized carbons (Fsp3) is 0.600. The van der Waals surface area contributed by atoms with E-state index in [-0.39, 0.29) is 0 Å². The third kappa shape index (κ3) is 2.54. The van der Waals surface area contributed by atoms with E-state index < -0.39 is 0 Å². The van der Waals surface area contributed by atoms with Gasteiger partial charge in [-0.3, -0.25) is 0 Å². The lowest BCUT2D eigenvalue weighted by atomic mass is 9.90. The summed E-state index contributed by atoms with van der Waals surface area (Å²) in [5.74, 6) is 1.84. The Bertz CT molecular complexity index is 433. The molecule has 0 amide bonds. The highest BCUT2D eigenvalue weighted by Gasteiger charge is 2.38. The van der Waals surface area contributed by atoms with Gasteiger partial charge in [-0.05, 0) is 67.8 Å². The van der Waals surface area contributed by atoms with Crippen molar-refractivity contribution in [3.8, 4) is 0 Å². The molecule has 3 unspecified atom stereocenters. The maximum absolute atomic E-state index is 6.21. The standard InChI is InChI=1S/C15H19Cl2N/c16-12-5-6-14(17)10(8-12)4-7-15-13-3-1-2-11(13)9-18-15/h5-6,8,11,13,15,18H,1-4,7,9H2. The Kier molecular flexibility index (Phi) is 3.83. The molecule has 2 fully saturated rings. The summed E-state index contributed by atoms with van der Waals surface area (Å²) in [4.78, 5) is 0. The minimum absolute atomic E-state index is 0.688. The summed E-state index contributed by atoms with van der Waals surface area (Å²) >= 11 is 12.2. The smallest absolute Gasteiger partial charge is 0.0439 e. The van der Waals surface area contributed by atoms with Gasteiger partial charge in [0.2, 0.25) is 0 Å². The van der Waals surface area contributed by atoms with Gasteiger partial charge in [0.15, 0.2) is 0 Å². The van der Waals surface area contributed by atoms with Crippen LogP contribution in [0.1, 0.15) is 31.2 Å². The summed E-state index contributed by atoms with van der Waals surface area (Å²) in [5.41, 5.74) is 1.19. The monoisotopic (exact) mass is 283 g/mol. The molecule has 3 rings (SSSR count). The van der Waals surface area contributed by atoms with Crippen LogP contribution in [-0.4, -0.2) is 12.6 Å². The molecule has 1 aromatic rings. The van der Waals surface area contributed by atoms with Gasteiger partial charge < -0.3 is 5.32 Å². The van der Waals surface area contributed by atoms with Crippen LogP contribution in [0.15, 0.2) is 18.2 Å². The van der Waals surface area contributed by atoms with Crippen molar-refractivity contribution < 1.29 is 0 Å². The highest BCUT2D eigenvalue weighted by atomic mass is 35.5. The van der Waals surface area contributed by atoms with Crippen molar-refractivity contribution in [3.05, 3.63) is 33.8 Å². The highest BCUT2D eigenvalue weighted by molar-refractivity contribution is 6.33. The molecule has 1 saturated carbocycles. The number of fused-ring (bicyclic) bond motifs is 1. The first-order chi connectivity index (χ1) is 8.74. The molecule has 2 aliphatic rings. The average molecular weight is 284 g/mol. The number of nitrogens with one attached hydrogen (secondary N) is 1. The molecule has 1 saturated heterocycles. The first-order valence-electron chi connectivity index (χ1n) is 6.91. The first-order valence-corrected chi connectivity index (χ1v) is 7.67. The van der Waals surface area contributed by atoms with E-state index in [1.54, 1.807) is 0 Å². The Morgan fingerprint density at radius 3 is 3.00 bits per heavy atom. The third-order valence-electron chi connectivity index (χ3n) is 4.61. The molecule has 1 nitrogen and oxygen atoms in total. The molecule has 1 N–H and O–H groups in total. The zero-order chi connectivity index (χ0) is 12.5. The van der Waals surface area contributed by atoms with E-state index in [1.165, 1.54) is 37.8 Å². The van der Waals surface area contributed by atoms with E-state index in [4.69, 9.17) is 23.2 Å². The van der Waals surface area contributed by atoms with Crippen LogP contribution in [-0.2, 0) is 6.42 Å². The van der Waals surface area contributed by atoms with E-state index in [2.05, 4.69) is 5.32 Å². The summed E-state index contributed by atoms with van der Waals surface area (Å²) in [7, 11) is 0. The van der Waals surface area contributed by atoms with Gasteiger partial charge in [0, 0.05) is 16.1 Å². The topological polar surface area (TPSA) is 12.0 Å². The molecule has 1 aliphatic carbocycles. The lowest BCUT2D eigenvalue weighted by Gasteiger charge is -2.18. The fourth-order valence-corrected chi connectivity index (χ4v) is 4.07. The van der Waals surface area contributed by atoms with Gasteiger partial charge in [0.05, 0.1) is 0 Å². The van der Waals surface area contributed by atoms with Crippen LogP contribution in [0.25, 0.3) is 0 Å².